The smallest absolute Gasteiger partial charge is 0.379 e. The molecule has 0 aromatic heterocycles. The molecule has 0 bridgehead atoms. The van der Waals surface area contributed by atoms with E-state index in [4.69, 9.17) is 0 Å². The summed E-state index contributed by atoms with van der Waals surface area (Å²) in [5.41, 5.74) is 1.78. The number of halogens is 3. The van der Waals surface area contributed by atoms with Crippen LogP contribution in [0.1, 0.15) is 24.2 Å². The first-order valence-corrected chi connectivity index (χ1v) is 5.56. The maximum Gasteiger partial charge on any atom is 0.418 e. The lowest BCUT2D eigenvalue weighted by Gasteiger charge is -2.18. The lowest BCUT2D eigenvalue weighted by Crippen LogP contribution is -2.20. The van der Waals surface area contributed by atoms with Gasteiger partial charge in [0.2, 0.25) is 0 Å². The van der Waals surface area contributed by atoms with Crippen molar-refractivity contribution >= 4 is 5.69 Å². The van der Waals surface area contributed by atoms with Gasteiger partial charge in [0.15, 0.2) is 6.10 Å². The molecule has 1 aliphatic heterocycles. The van der Waals surface area contributed by atoms with Crippen LogP contribution in [0.15, 0.2) is 18.2 Å². The third kappa shape index (κ3) is 2.24. The molecule has 17 heavy (non-hydrogen) atoms. The van der Waals surface area contributed by atoms with E-state index in [1.165, 1.54) is 12.1 Å². The lowest BCUT2D eigenvalue weighted by atomic mass is 10.0. The van der Waals surface area contributed by atoms with Gasteiger partial charge in [-0.3, -0.25) is 0 Å². The van der Waals surface area contributed by atoms with Crippen LogP contribution in [0, 0.1) is 0 Å². The van der Waals surface area contributed by atoms with Crippen LogP contribution >= 0.6 is 0 Å². The first-order valence-electron chi connectivity index (χ1n) is 5.56. The molecule has 0 saturated carbocycles. The number of fused-ring (bicyclic) bond motifs is 1. The Morgan fingerprint density at radius 1 is 1.41 bits per heavy atom. The van der Waals surface area contributed by atoms with E-state index < -0.39 is 12.3 Å². The van der Waals surface area contributed by atoms with Crippen molar-refractivity contribution in [3.8, 4) is 0 Å². The first-order chi connectivity index (χ1) is 7.93. The quantitative estimate of drug-likeness (QED) is 0.865. The van der Waals surface area contributed by atoms with E-state index in [-0.39, 0.29) is 5.56 Å². The van der Waals surface area contributed by atoms with Gasteiger partial charge in [-0.05, 0) is 30.5 Å². The van der Waals surface area contributed by atoms with Gasteiger partial charge in [-0.1, -0.05) is 12.1 Å². The molecule has 0 saturated heterocycles. The SMILES string of the molecule is CCN1CCc2cc([C@H](O)C(F)(F)F)ccc21. The van der Waals surface area contributed by atoms with E-state index in [1.54, 1.807) is 6.07 Å². The zero-order chi connectivity index (χ0) is 12.6. The van der Waals surface area contributed by atoms with Gasteiger partial charge >= 0.3 is 6.18 Å². The van der Waals surface area contributed by atoms with Crippen LogP contribution in [-0.2, 0) is 6.42 Å². The Labute approximate surface area is 97.7 Å². The van der Waals surface area contributed by atoms with Crippen molar-refractivity contribution in [2.75, 3.05) is 18.0 Å². The number of aliphatic hydroxyl groups excluding tert-OH is 1. The summed E-state index contributed by atoms with van der Waals surface area (Å²) in [6.45, 7) is 3.68. The van der Waals surface area contributed by atoms with Crippen LogP contribution in [0.4, 0.5) is 18.9 Å². The van der Waals surface area contributed by atoms with E-state index in [2.05, 4.69) is 4.90 Å². The Bertz CT molecular complexity index is 417. The molecule has 0 radical (unpaired) electrons. The number of alkyl halides is 3. The zero-order valence-electron chi connectivity index (χ0n) is 9.46. The fraction of sp³-hybridized carbons (Fsp3) is 0.500. The summed E-state index contributed by atoms with van der Waals surface area (Å²) in [4.78, 5) is 2.11. The Morgan fingerprint density at radius 2 is 2.12 bits per heavy atom. The molecular weight excluding hydrogens is 231 g/mol. The largest absolute Gasteiger partial charge is 0.418 e. The Hall–Kier alpha value is -1.23. The second kappa shape index (κ2) is 4.22. The number of aliphatic hydroxyl groups is 1. The summed E-state index contributed by atoms with van der Waals surface area (Å²) in [6, 6.07) is 4.48. The molecule has 0 aliphatic carbocycles. The van der Waals surface area contributed by atoms with E-state index in [0.29, 0.717) is 0 Å². The molecule has 1 aliphatic rings. The van der Waals surface area contributed by atoms with Crippen molar-refractivity contribution in [2.24, 2.45) is 0 Å². The van der Waals surface area contributed by atoms with Crippen LogP contribution in [0.2, 0.25) is 0 Å². The first kappa shape index (κ1) is 12.2. The molecule has 1 heterocycles. The van der Waals surface area contributed by atoms with Gasteiger partial charge in [0.05, 0.1) is 0 Å². The molecule has 1 N–H and O–H groups in total. The van der Waals surface area contributed by atoms with Gasteiger partial charge in [-0.15, -0.1) is 0 Å². The fourth-order valence-corrected chi connectivity index (χ4v) is 2.18. The molecule has 94 valence electrons. The Morgan fingerprint density at radius 3 is 2.71 bits per heavy atom. The van der Waals surface area contributed by atoms with Crippen molar-refractivity contribution in [2.45, 2.75) is 25.6 Å². The molecule has 1 atom stereocenters. The number of hydrogen-bond acceptors (Lipinski definition) is 2. The molecule has 1 aromatic carbocycles. The third-order valence-corrected chi connectivity index (χ3v) is 3.10. The van der Waals surface area contributed by atoms with Crippen LogP contribution < -0.4 is 4.90 Å². The van der Waals surface area contributed by atoms with Crippen LogP contribution in [0.5, 0.6) is 0 Å². The summed E-state index contributed by atoms with van der Waals surface area (Å²) in [5, 5.41) is 9.17. The third-order valence-electron chi connectivity index (χ3n) is 3.10. The van der Waals surface area contributed by atoms with Crippen molar-refractivity contribution < 1.29 is 18.3 Å². The van der Waals surface area contributed by atoms with E-state index in [0.717, 1.165) is 30.8 Å². The number of hydrogen-bond donors (Lipinski definition) is 1. The second-order valence-corrected chi connectivity index (χ2v) is 4.16. The monoisotopic (exact) mass is 245 g/mol. The minimum atomic E-state index is -4.60. The van der Waals surface area contributed by atoms with Gasteiger partial charge in [0, 0.05) is 18.8 Å². The predicted octanol–water partition coefficient (Wildman–Crippen LogP) is 2.66. The number of likely N-dealkylation sites (N-methyl/N-ethyl adjacent to an activating group) is 1. The second-order valence-electron chi connectivity index (χ2n) is 4.16. The van der Waals surface area contributed by atoms with Gasteiger partial charge in [-0.2, -0.15) is 13.2 Å². The highest BCUT2D eigenvalue weighted by atomic mass is 19.4. The minimum Gasteiger partial charge on any atom is -0.379 e. The molecule has 1 aromatic rings. The zero-order valence-corrected chi connectivity index (χ0v) is 9.46. The summed E-state index contributed by atoms with van der Waals surface area (Å²) < 4.78 is 37.1. The van der Waals surface area contributed by atoms with Crippen molar-refractivity contribution in [1.29, 1.82) is 0 Å². The number of nitrogens with zero attached hydrogens (tertiary/aromatic N) is 1. The van der Waals surface area contributed by atoms with E-state index in [9.17, 15) is 18.3 Å². The summed E-state index contributed by atoms with van der Waals surface area (Å²) in [6.07, 6.45) is -6.25. The fourth-order valence-electron chi connectivity index (χ4n) is 2.18. The maximum absolute atomic E-state index is 12.4. The molecule has 2 nitrogen and oxygen atoms in total. The van der Waals surface area contributed by atoms with Crippen LogP contribution in [0.25, 0.3) is 0 Å². The molecule has 2 rings (SSSR count). The number of anilines is 1. The molecule has 5 heteroatoms. The molecule has 0 fully saturated rings. The maximum atomic E-state index is 12.4. The molecule has 0 unspecified atom stereocenters. The summed E-state index contributed by atoms with van der Waals surface area (Å²) in [7, 11) is 0. The normalized spacial score (nSPS) is 17.1. The van der Waals surface area contributed by atoms with Crippen LogP contribution in [0.3, 0.4) is 0 Å². The topological polar surface area (TPSA) is 23.5 Å². The Kier molecular flexibility index (Phi) is 3.03. The molecular formula is C12H14F3NO. The average molecular weight is 245 g/mol. The Balaban J connectivity index is 2.30. The van der Waals surface area contributed by atoms with Crippen molar-refractivity contribution in [3.63, 3.8) is 0 Å². The minimum absolute atomic E-state index is 0.0748. The summed E-state index contributed by atoms with van der Waals surface area (Å²) >= 11 is 0. The number of rotatable bonds is 2. The number of benzene rings is 1. The average Bonchev–Trinajstić information content (AvgIpc) is 2.68. The molecule has 0 spiro atoms. The highest BCUT2D eigenvalue weighted by Gasteiger charge is 2.39. The predicted molar refractivity (Wildman–Crippen MR) is 59.0 cm³/mol. The standard InChI is InChI=1S/C12H14F3NO/c1-2-16-6-5-8-7-9(3-4-10(8)16)11(17)12(13,14)15/h3-4,7,11,17H,2,5-6H2,1H3/t11-/m0/s1. The highest BCUT2D eigenvalue weighted by molar-refractivity contribution is 5.59. The van der Waals surface area contributed by atoms with E-state index in [1.807, 2.05) is 6.92 Å². The van der Waals surface area contributed by atoms with Gasteiger partial charge in [-0.25, -0.2) is 0 Å². The summed E-state index contributed by atoms with van der Waals surface area (Å²) in [5.74, 6) is 0. The van der Waals surface area contributed by atoms with Crippen LogP contribution in [-0.4, -0.2) is 24.4 Å². The lowest BCUT2D eigenvalue weighted by molar-refractivity contribution is -0.206. The van der Waals surface area contributed by atoms with Gasteiger partial charge in [0.1, 0.15) is 0 Å². The van der Waals surface area contributed by atoms with Crippen molar-refractivity contribution in [3.05, 3.63) is 29.3 Å². The van der Waals surface area contributed by atoms with Crippen molar-refractivity contribution in [1.82, 2.24) is 0 Å². The van der Waals surface area contributed by atoms with Gasteiger partial charge < -0.3 is 10.0 Å². The van der Waals surface area contributed by atoms with E-state index >= 15 is 0 Å². The molecule has 0 amide bonds. The van der Waals surface area contributed by atoms with Gasteiger partial charge in [0.25, 0.3) is 0 Å². The highest BCUT2D eigenvalue weighted by Crippen LogP contribution is 2.36.